The molecule has 6 heteroatoms. The standard InChI is InChI=1S/C29H33N3O2S/c1-20-4-8-23(9-5-20)28-25-13-17-35-26(25)12-14-31(28)19-27(33)30-15-16-32(22(3)18-30)29(34)24-10-6-21(2)7-11-24/h4-11,13,17,22,28H,12,14-16,18-19H2,1-3H3/t22-,28+/m0/s1. The lowest BCUT2D eigenvalue weighted by Gasteiger charge is -2.42. The van der Waals surface area contributed by atoms with Gasteiger partial charge in [-0.15, -0.1) is 11.3 Å². The van der Waals surface area contributed by atoms with Gasteiger partial charge in [-0.3, -0.25) is 14.5 Å². The van der Waals surface area contributed by atoms with Crippen LogP contribution in [-0.4, -0.2) is 65.3 Å². The fraction of sp³-hybridized carbons (Fsp3) is 0.379. The largest absolute Gasteiger partial charge is 0.338 e. The maximum atomic E-state index is 13.5. The van der Waals surface area contributed by atoms with Crippen LogP contribution < -0.4 is 0 Å². The Balaban J connectivity index is 1.27. The van der Waals surface area contributed by atoms with E-state index < -0.39 is 0 Å². The average molecular weight is 488 g/mol. The topological polar surface area (TPSA) is 43.9 Å². The third kappa shape index (κ3) is 4.91. The fourth-order valence-electron chi connectivity index (χ4n) is 5.30. The number of piperazine rings is 1. The summed E-state index contributed by atoms with van der Waals surface area (Å²) < 4.78 is 0. The Morgan fingerprint density at radius 3 is 2.29 bits per heavy atom. The van der Waals surface area contributed by atoms with Crippen LogP contribution in [0.25, 0.3) is 0 Å². The van der Waals surface area contributed by atoms with E-state index in [0.717, 1.165) is 18.5 Å². The van der Waals surface area contributed by atoms with Gasteiger partial charge in [0.1, 0.15) is 0 Å². The van der Waals surface area contributed by atoms with E-state index in [4.69, 9.17) is 0 Å². The first-order chi connectivity index (χ1) is 16.9. The Labute approximate surface area is 212 Å². The second kappa shape index (κ2) is 9.96. The minimum absolute atomic E-state index is 0.0146. The Morgan fingerprint density at radius 2 is 1.60 bits per heavy atom. The molecule has 5 rings (SSSR count). The van der Waals surface area contributed by atoms with Gasteiger partial charge in [0, 0.05) is 42.7 Å². The lowest BCUT2D eigenvalue weighted by atomic mass is 9.92. The Bertz CT molecular complexity index is 1200. The van der Waals surface area contributed by atoms with E-state index in [1.807, 2.05) is 59.2 Å². The van der Waals surface area contributed by atoms with Gasteiger partial charge in [-0.2, -0.15) is 0 Å². The number of hydrogen-bond donors (Lipinski definition) is 0. The highest BCUT2D eigenvalue weighted by Gasteiger charge is 2.34. The second-order valence-electron chi connectivity index (χ2n) is 9.89. The normalized spacial score (nSPS) is 20.5. The number of nitrogens with zero attached hydrogens (tertiary/aromatic N) is 3. The van der Waals surface area contributed by atoms with E-state index in [0.29, 0.717) is 31.7 Å². The molecule has 0 unspecified atom stereocenters. The van der Waals surface area contributed by atoms with Crippen LogP contribution in [0.4, 0.5) is 0 Å². The maximum Gasteiger partial charge on any atom is 0.254 e. The number of rotatable bonds is 4. The quantitative estimate of drug-likeness (QED) is 0.537. The molecule has 1 fully saturated rings. The highest BCUT2D eigenvalue weighted by molar-refractivity contribution is 7.10. The van der Waals surface area contributed by atoms with Crippen LogP contribution in [0.2, 0.25) is 0 Å². The van der Waals surface area contributed by atoms with E-state index >= 15 is 0 Å². The second-order valence-corrected chi connectivity index (χ2v) is 10.9. The van der Waals surface area contributed by atoms with E-state index in [9.17, 15) is 9.59 Å². The van der Waals surface area contributed by atoms with E-state index in [2.05, 4.69) is 47.5 Å². The molecule has 0 radical (unpaired) electrons. The van der Waals surface area contributed by atoms with Crippen molar-refractivity contribution in [1.29, 1.82) is 0 Å². The molecule has 3 heterocycles. The molecule has 0 spiro atoms. The van der Waals surface area contributed by atoms with Crippen molar-refractivity contribution in [1.82, 2.24) is 14.7 Å². The van der Waals surface area contributed by atoms with Gasteiger partial charge >= 0.3 is 0 Å². The summed E-state index contributed by atoms with van der Waals surface area (Å²) in [5, 5.41) is 2.17. The van der Waals surface area contributed by atoms with Gasteiger partial charge in [0.15, 0.2) is 0 Å². The lowest BCUT2D eigenvalue weighted by molar-refractivity contribution is -0.135. The first-order valence-electron chi connectivity index (χ1n) is 12.4. The van der Waals surface area contributed by atoms with Gasteiger partial charge in [0.2, 0.25) is 5.91 Å². The number of fused-ring (bicyclic) bond motifs is 1. The van der Waals surface area contributed by atoms with Crippen molar-refractivity contribution in [3.05, 3.63) is 92.7 Å². The van der Waals surface area contributed by atoms with E-state index in [-0.39, 0.29) is 23.9 Å². The van der Waals surface area contributed by atoms with Crippen molar-refractivity contribution in [2.45, 2.75) is 39.3 Å². The molecule has 5 nitrogen and oxygen atoms in total. The zero-order chi connectivity index (χ0) is 24.5. The minimum Gasteiger partial charge on any atom is -0.338 e. The number of aryl methyl sites for hydroxylation is 2. The summed E-state index contributed by atoms with van der Waals surface area (Å²) >= 11 is 1.82. The van der Waals surface area contributed by atoms with E-state index in [1.54, 1.807) is 0 Å². The van der Waals surface area contributed by atoms with Crippen molar-refractivity contribution in [3.63, 3.8) is 0 Å². The number of benzene rings is 2. The summed E-state index contributed by atoms with van der Waals surface area (Å²) in [5.41, 5.74) is 5.67. The van der Waals surface area contributed by atoms with Crippen molar-refractivity contribution >= 4 is 23.2 Å². The van der Waals surface area contributed by atoms with Crippen LogP contribution in [-0.2, 0) is 11.2 Å². The SMILES string of the molecule is Cc1ccc(C(=O)N2CCN(C(=O)CN3CCc4sccc4[C@H]3c3ccc(C)cc3)C[C@@H]2C)cc1. The molecule has 1 saturated heterocycles. The average Bonchev–Trinajstić information content (AvgIpc) is 3.33. The highest BCUT2D eigenvalue weighted by atomic mass is 32.1. The lowest BCUT2D eigenvalue weighted by Crippen LogP contribution is -2.57. The molecule has 182 valence electrons. The molecule has 1 aromatic heterocycles. The fourth-order valence-corrected chi connectivity index (χ4v) is 6.20. The Morgan fingerprint density at radius 1 is 0.914 bits per heavy atom. The molecule has 2 aliphatic rings. The predicted octanol–water partition coefficient (Wildman–Crippen LogP) is 4.69. The zero-order valence-corrected chi connectivity index (χ0v) is 21.6. The number of thiophene rings is 1. The minimum atomic E-state index is -0.0146. The number of carbonyl (C=O) groups excluding carboxylic acids is 2. The molecular formula is C29H33N3O2S. The first kappa shape index (κ1) is 23.8. The van der Waals surface area contributed by atoms with Crippen molar-refractivity contribution < 1.29 is 9.59 Å². The molecule has 3 aromatic rings. The molecule has 2 amide bonds. The molecule has 0 saturated carbocycles. The number of carbonyl (C=O) groups is 2. The van der Waals surface area contributed by atoms with Crippen LogP contribution in [0.3, 0.4) is 0 Å². The van der Waals surface area contributed by atoms with Crippen molar-refractivity contribution in [3.8, 4) is 0 Å². The maximum absolute atomic E-state index is 13.5. The van der Waals surface area contributed by atoms with Crippen LogP contribution >= 0.6 is 11.3 Å². The zero-order valence-electron chi connectivity index (χ0n) is 20.7. The van der Waals surface area contributed by atoms with Gasteiger partial charge in [-0.25, -0.2) is 0 Å². The van der Waals surface area contributed by atoms with Crippen molar-refractivity contribution in [2.24, 2.45) is 0 Å². The first-order valence-corrected chi connectivity index (χ1v) is 13.3. The van der Waals surface area contributed by atoms with Crippen LogP contribution in [0.5, 0.6) is 0 Å². The van der Waals surface area contributed by atoms with Gasteiger partial charge in [-0.1, -0.05) is 47.5 Å². The van der Waals surface area contributed by atoms with Crippen LogP contribution in [0.1, 0.15) is 50.5 Å². The summed E-state index contributed by atoms with van der Waals surface area (Å²) in [6, 6.07) is 18.7. The molecule has 35 heavy (non-hydrogen) atoms. The smallest absolute Gasteiger partial charge is 0.254 e. The monoisotopic (exact) mass is 487 g/mol. The van der Waals surface area contributed by atoms with Gasteiger partial charge < -0.3 is 9.80 Å². The van der Waals surface area contributed by atoms with E-state index in [1.165, 1.54) is 21.6 Å². The summed E-state index contributed by atoms with van der Waals surface area (Å²) in [4.78, 5) is 34.1. The molecule has 2 atom stereocenters. The number of hydrogen-bond acceptors (Lipinski definition) is 4. The molecule has 2 aromatic carbocycles. The molecule has 0 bridgehead atoms. The molecular weight excluding hydrogens is 454 g/mol. The van der Waals surface area contributed by atoms with Crippen molar-refractivity contribution in [2.75, 3.05) is 32.7 Å². The summed E-state index contributed by atoms with van der Waals surface area (Å²) in [5.74, 6) is 0.195. The Hall–Kier alpha value is -2.96. The Kier molecular flexibility index (Phi) is 6.76. The summed E-state index contributed by atoms with van der Waals surface area (Å²) in [7, 11) is 0. The molecule has 0 aliphatic carbocycles. The van der Waals surface area contributed by atoms with Crippen LogP contribution in [0.15, 0.2) is 60.0 Å². The third-order valence-corrected chi connectivity index (χ3v) is 8.33. The predicted molar refractivity (Wildman–Crippen MR) is 141 cm³/mol. The molecule has 0 N–H and O–H groups in total. The van der Waals surface area contributed by atoms with Gasteiger partial charge in [0.25, 0.3) is 5.91 Å². The van der Waals surface area contributed by atoms with Gasteiger partial charge in [-0.05, 0) is 61.9 Å². The highest BCUT2D eigenvalue weighted by Crippen LogP contribution is 2.37. The summed E-state index contributed by atoms with van der Waals surface area (Å²) in [6.45, 7) is 9.15. The third-order valence-electron chi connectivity index (χ3n) is 7.34. The molecule has 2 aliphatic heterocycles. The summed E-state index contributed by atoms with van der Waals surface area (Å²) in [6.07, 6.45) is 0.984. The van der Waals surface area contributed by atoms with Gasteiger partial charge in [0.05, 0.1) is 12.6 Å². The number of amides is 2. The van der Waals surface area contributed by atoms with Crippen LogP contribution in [0, 0.1) is 13.8 Å².